The Hall–Kier alpha value is -3.22. The molecule has 0 bridgehead atoms. The van der Waals surface area contributed by atoms with Crippen LogP contribution in [0.15, 0.2) is 42.5 Å². The number of amides is 3. The van der Waals surface area contributed by atoms with Gasteiger partial charge in [-0.3, -0.25) is 14.4 Å². The Balaban J connectivity index is 1.36. The van der Waals surface area contributed by atoms with Gasteiger partial charge >= 0.3 is 0 Å². The molecule has 2 heterocycles. The summed E-state index contributed by atoms with van der Waals surface area (Å²) in [5.41, 5.74) is 0.532. The van der Waals surface area contributed by atoms with Crippen molar-refractivity contribution in [2.75, 3.05) is 13.1 Å². The lowest BCUT2D eigenvalue weighted by Crippen LogP contribution is -2.52. The van der Waals surface area contributed by atoms with Crippen molar-refractivity contribution in [1.29, 1.82) is 0 Å². The molecule has 5 atom stereocenters. The van der Waals surface area contributed by atoms with Crippen LogP contribution in [0, 0.1) is 23.2 Å². The van der Waals surface area contributed by atoms with E-state index in [1.165, 1.54) is 0 Å². The fourth-order valence-corrected chi connectivity index (χ4v) is 5.88. The molecule has 2 aliphatic heterocycles. The molecule has 2 saturated heterocycles. The topological polar surface area (TPSA) is 95.6 Å². The van der Waals surface area contributed by atoms with Gasteiger partial charge in [0.25, 0.3) is 5.91 Å². The minimum absolute atomic E-state index is 0.0236. The molecular weight excluding hydrogens is 418 g/mol. The maximum absolute atomic E-state index is 13.5. The van der Waals surface area contributed by atoms with Crippen LogP contribution in [0.3, 0.4) is 0 Å². The number of hydrogen-bond donors (Lipinski definition) is 2. The summed E-state index contributed by atoms with van der Waals surface area (Å²) in [6.45, 7) is 5.37. The molecule has 3 amide bonds. The number of piperidine rings is 1. The Labute approximate surface area is 192 Å². The second-order valence-electron chi connectivity index (χ2n) is 10.2. The van der Waals surface area contributed by atoms with Crippen LogP contribution in [0.5, 0.6) is 0 Å². The first kappa shape index (κ1) is 21.6. The number of fused-ring (bicyclic) bond motifs is 2. The lowest BCUT2D eigenvalue weighted by molar-refractivity contribution is -0.129. The van der Waals surface area contributed by atoms with Gasteiger partial charge in [0.1, 0.15) is 12.3 Å². The lowest BCUT2D eigenvalue weighted by Gasteiger charge is -2.31. The average molecular weight is 448 g/mol. The quantitative estimate of drug-likeness (QED) is 0.664. The van der Waals surface area contributed by atoms with E-state index in [0.717, 1.165) is 10.8 Å². The van der Waals surface area contributed by atoms with Crippen LogP contribution in [-0.2, 0) is 14.4 Å². The highest BCUT2D eigenvalue weighted by Crippen LogP contribution is 2.65. The normalized spacial score (nSPS) is 28.2. The van der Waals surface area contributed by atoms with E-state index in [2.05, 4.69) is 24.5 Å². The number of benzene rings is 2. The van der Waals surface area contributed by atoms with E-state index in [9.17, 15) is 19.2 Å². The largest absolute Gasteiger partial charge is 0.356 e. The Morgan fingerprint density at radius 1 is 1.21 bits per heavy atom. The van der Waals surface area contributed by atoms with Crippen molar-refractivity contribution in [3.05, 3.63) is 48.0 Å². The monoisotopic (exact) mass is 447 g/mol. The van der Waals surface area contributed by atoms with Crippen molar-refractivity contribution in [2.24, 2.45) is 23.2 Å². The van der Waals surface area contributed by atoms with Gasteiger partial charge in [0.05, 0.1) is 6.04 Å². The van der Waals surface area contributed by atoms with Crippen LogP contribution < -0.4 is 10.6 Å². The zero-order valence-electron chi connectivity index (χ0n) is 18.9. The summed E-state index contributed by atoms with van der Waals surface area (Å²) in [4.78, 5) is 52.2. The molecule has 1 saturated carbocycles. The van der Waals surface area contributed by atoms with E-state index in [-0.39, 0.29) is 47.3 Å². The molecule has 0 spiro atoms. The second-order valence-corrected chi connectivity index (χ2v) is 10.2. The number of likely N-dealkylation sites (tertiary alicyclic amines) is 1. The van der Waals surface area contributed by atoms with Gasteiger partial charge in [0.2, 0.25) is 11.8 Å². The van der Waals surface area contributed by atoms with E-state index < -0.39 is 12.1 Å². The van der Waals surface area contributed by atoms with Crippen molar-refractivity contribution >= 4 is 34.8 Å². The van der Waals surface area contributed by atoms with Gasteiger partial charge < -0.3 is 20.3 Å². The summed E-state index contributed by atoms with van der Waals surface area (Å²) in [6.07, 6.45) is 1.64. The molecule has 0 radical (unpaired) electrons. The SMILES string of the molecule is CC1(C)[C@@H]2[C@H](C(=O)N[C@H](C=O)C[C@@H]3CCNC3=O)N(C(=O)c3ccc4ccccc4c3)C[C@@H]21. The third kappa shape index (κ3) is 3.69. The van der Waals surface area contributed by atoms with Crippen LogP contribution in [-0.4, -0.2) is 54.1 Å². The zero-order chi connectivity index (χ0) is 23.3. The zero-order valence-corrected chi connectivity index (χ0v) is 18.9. The Bertz CT molecular complexity index is 1140. The molecule has 33 heavy (non-hydrogen) atoms. The van der Waals surface area contributed by atoms with Crippen molar-refractivity contribution < 1.29 is 19.2 Å². The van der Waals surface area contributed by atoms with Crippen LogP contribution in [0.2, 0.25) is 0 Å². The molecule has 3 fully saturated rings. The van der Waals surface area contributed by atoms with Crippen molar-refractivity contribution in [2.45, 2.75) is 38.8 Å². The maximum Gasteiger partial charge on any atom is 0.254 e. The van der Waals surface area contributed by atoms with Gasteiger partial charge in [-0.05, 0) is 53.0 Å². The molecule has 2 N–H and O–H groups in total. The van der Waals surface area contributed by atoms with E-state index in [4.69, 9.17) is 0 Å². The van der Waals surface area contributed by atoms with Crippen LogP contribution in [0.25, 0.3) is 10.8 Å². The van der Waals surface area contributed by atoms with Gasteiger partial charge in [-0.25, -0.2) is 0 Å². The minimum atomic E-state index is -0.745. The first-order valence-corrected chi connectivity index (χ1v) is 11.6. The Morgan fingerprint density at radius 2 is 1.97 bits per heavy atom. The molecule has 3 aliphatic rings. The molecule has 5 rings (SSSR count). The predicted molar refractivity (Wildman–Crippen MR) is 123 cm³/mol. The highest BCUT2D eigenvalue weighted by atomic mass is 16.2. The van der Waals surface area contributed by atoms with Gasteiger partial charge in [-0.15, -0.1) is 0 Å². The number of rotatable bonds is 6. The molecule has 172 valence electrons. The molecule has 1 aliphatic carbocycles. The second kappa shape index (κ2) is 7.97. The summed E-state index contributed by atoms with van der Waals surface area (Å²) in [7, 11) is 0. The fourth-order valence-electron chi connectivity index (χ4n) is 5.88. The number of carbonyl (C=O) groups is 4. The van der Waals surface area contributed by atoms with E-state index >= 15 is 0 Å². The van der Waals surface area contributed by atoms with E-state index in [0.29, 0.717) is 31.4 Å². The molecule has 0 aromatic heterocycles. The number of nitrogens with one attached hydrogen (secondary N) is 2. The average Bonchev–Trinajstić information content (AvgIpc) is 3.16. The van der Waals surface area contributed by atoms with Gasteiger partial charge in [0.15, 0.2) is 0 Å². The maximum atomic E-state index is 13.5. The van der Waals surface area contributed by atoms with Crippen LogP contribution in [0.1, 0.15) is 37.0 Å². The van der Waals surface area contributed by atoms with E-state index in [1.54, 1.807) is 4.90 Å². The van der Waals surface area contributed by atoms with Crippen LogP contribution in [0.4, 0.5) is 0 Å². The van der Waals surface area contributed by atoms with Crippen molar-refractivity contribution in [1.82, 2.24) is 15.5 Å². The first-order chi connectivity index (χ1) is 15.8. The first-order valence-electron chi connectivity index (χ1n) is 11.6. The smallest absolute Gasteiger partial charge is 0.254 e. The van der Waals surface area contributed by atoms with Gasteiger partial charge in [0, 0.05) is 24.6 Å². The molecule has 2 aromatic carbocycles. The molecule has 2 aromatic rings. The number of carbonyl (C=O) groups excluding carboxylic acids is 4. The van der Waals surface area contributed by atoms with Crippen LogP contribution >= 0.6 is 0 Å². The fraction of sp³-hybridized carbons (Fsp3) is 0.462. The highest BCUT2D eigenvalue weighted by molar-refractivity contribution is 6.01. The van der Waals surface area contributed by atoms with E-state index in [1.807, 2.05) is 42.5 Å². The Morgan fingerprint density at radius 3 is 2.67 bits per heavy atom. The third-order valence-corrected chi connectivity index (χ3v) is 7.93. The summed E-state index contributed by atoms with van der Waals surface area (Å²) in [5.74, 6) is -0.505. The van der Waals surface area contributed by atoms with Crippen molar-refractivity contribution in [3.63, 3.8) is 0 Å². The number of nitrogens with zero attached hydrogens (tertiary/aromatic N) is 1. The molecule has 0 unspecified atom stereocenters. The van der Waals surface area contributed by atoms with Crippen molar-refractivity contribution in [3.8, 4) is 0 Å². The minimum Gasteiger partial charge on any atom is -0.356 e. The summed E-state index contributed by atoms with van der Waals surface area (Å²) >= 11 is 0. The standard InChI is InChI=1S/C26H29N3O4/c1-26(2)20-13-29(25(33)18-8-7-15-5-3-4-6-16(15)11-18)22(21(20)26)24(32)28-19(14-30)12-17-9-10-27-23(17)31/h3-8,11,14,17,19-22H,9-10,12-13H2,1-2H3,(H,27,31)(H,28,32)/t17-,19-,20-,21-,22+/m0/s1. The molecule has 7 nitrogen and oxygen atoms in total. The van der Waals surface area contributed by atoms with Gasteiger partial charge in [-0.1, -0.05) is 44.2 Å². The highest BCUT2D eigenvalue weighted by Gasteiger charge is 2.69. The summed E-state index contributed by atoms with van der Waals surface area (Å²) < 4.78 is 0. The Kier molecular flexibility index (Phi) is 5.22. The number of aldehydes is 1. The molecular formula is C26H29N3O4. The molecule has 7 heteroatoms. The summed E-state index contributed by atoms with van der Waals surface area (Å²) in [5, 5.41) is 7.63. The van der Waals surface area contributed by atoms with Gasteiger partial charge in [-0.2, -0.15) is 0 Å². The number of hydrogen-bond acceptors (Lipinski definition) is 4. The summed E-state index contributed by atoms with van der Waals surface area (Å²) in [6, 6.07) is 12.1. The predicted octanol–water partition coefficient (Wildman–Crippen LogP) is 2.15. The lowest BCUT2D eigenvalue weighted by atomic mass is 9.97. The third-order valence-electron chi connectivity index (χ3n) is 7.93.